The van der Waals surface area contributed by atoms with Crippen molar-refractivity contribution in [3.05, 3.63) is 36.2 Å². The van der Waals surface area contributed by atoms with Crippen molar-refractivity contribution in [2.45, 2.75) is 0 Å². The Morgan fingerprint density at radius 1 is 1.62 bits per heavy atom. The molecule has 2 rings (SSSR count). The number of fused-ring (bicyclic) bond motifs is 1. The summed E-state index contributed by atoms with van der Waals surface area (Å²) in [5.74, 6) is 2.32. The van der Waals surface area contributed by atoms with Crippen LogP contribution in [0, 0.1) is 12.3 Å². The molecule has 0 fully saturated rings. The minimum atomic E-state index is -0.112. The molecule has 16 heavy (non-hydrogen) atoms. The van der Waals surface area contributed by atoms with Gasteiger partial charge in [-0.1, -0.05) is 12.0 Å². The number of pyridine rings is 1. The van der Waals surface area contributed by atoms with Crippen molar-refractivity contribution in [2.75, 3.05) is 13.6 Å². The van der Waals surface area contributed by atoms with Crippen molar-refractivity contribution in [3.8, 4) is 12.3 Å². The van der Waals surface area contributed by atoms with E-state index in [9.17, 15) is 4.79 Å². The number of hydrogen-bond acceptors (Lipinski definition) is 2. The smallest absolute Gasteiger partial charge is 0.258 e. The minimum Gasteiger partial charge on any atom is -0.330 e. The first-order valence-electron chi connectivity index (χ1n) is 4.85. The van der Waals surface area contributed by atoms with Crippen LogP contribution in [-0.2, 0) is 0 Å². The first-order valence-corrected chi connectivity index (χ1v) is 4.85. The zero-order valence-electron chi connectivity index (χ0n) is 8.92. The zero-order chi connectivity index (χ0) is 11.5. The van der Waals surface area contributed by atoms with Crippen LogP contribution < -0.4 is 0 Å². The van der Waals surface area contributed by atoms with Crippen molar-refractivity contribution < 1.29 is 4.79 Å². The number of nitrogens with zero attached hydrogens (tertiary/aromatic N) is 3. The minimum absolute atomic E-state index is 0.112. The lowest BCUT2D eigenvalue weighted by Crippen LogP contribution is -2.26. The largest absolute Gasteiger partial charge is 0.330 e. The van der Waals surface area contributed by atoms with Gasteiger partial charge in [0.1, 0.15) is 0 Å². The molecule has 0 atom stereocenters. The van der Waals surface area contributed by atoms with Crippen LogP contribution in [0.5, 0.6) is 0 Å². The predicted molar refractivity (Wildman–Crippen MR) is 61.0 cm³/mol. The molecule has 2 aromatic rings. The van der Waals surface area contributed by atoms with Crippen LogP contribution in [0.1, 0.15) is 10.4 Å². The van der Waals surface area contributed by atoms with Crippen molar-refractivity contribution in [1.82, 2.24) is 14.5 Å². The van der Waals surface area contributed by atoms with Crippen LogP contribution in [0.3, 0.4) is 0 Å². The van der Waals surface area contributed by atoms with Gasteiger partial charge in [0.2, 0.25) is 0 Å². The second kappa shape index (κ2) is 4.07. The van der Waals surface area contributed by atoms with Gasteiger partial charge in [0, 0.05) is 13.2 Å². The maximum Gasteiger partial charge on any atom is 0.258 e. The quantitative estimate of drug-likeness (QED) is 0.699. The molecular formula is C12H11N3O. The Bertz CT molecular complexity index is 565. The molecule has 0 spiro atoms. The SMILES string of the molecule is C#CCN(C)C(=O)c1cnn2ccccc12. The molecule has 0 unspecified atom stereocenters. The molecule has 0 aliphatic heterocycles. The number of rotatable bonds is 2. The molecule has 0 saturated carbocycles. The number of carbonyl (C=O) groups excluding carboxylic acids is 1. The Kier molecular flexibility index (Phi) is 2.61. The lowest BCUT2D eigenvalue weighted by molar-refractivity contribution is 0.0814. The Balaban J connectivity index is 2.41. The van der Waals surface area contributed by atoms with Gasteiger partial charge >= 0.3 is 0 Å². The molecule has 2 aromatic heterocycles. The maximum atomic E-state index is 12.0. The van der Waals surface area contributed by atoms with Crippen molar-refractivity contribution in [2.24, 2.45) is 0 Å². The van der Waals surface area contributed by atoms with Gasteiger partial charge in [-0.2, -0.15) is 5.10 Å². The Hall–Kier alpha value is -2.28. The molecule has 2 heterocycles. The van der Waals surface area contributed by atoms with Gasteiger partial charge in [-0.05, 0) is 12.1 Å². The van der Waals surface area contributed by atoms with E-state index in [2.05, 4.69) is 11.0 Å². The summed E-state index contributed by atoms with van der Waals surface area (Å²) in [5, 5.41) is 4.10. The highest BCUT2D eigenvalue weighted by molar-refractivity contribution is 6.00. The van der Waals surface area contributed by atoms with E-state index in [1.54, 1.807) is 24.0 Å². The molecule has 0 aliphatic rings. The van der Waals surface area contributed by atoms with Gasteiger partial charge in [0.25, 0.3) is 5.91 Å². The topological polar surface area (TPSA) is 37.6 Å². The number of hydrogen-bond donors (Lipinski definition) is 0. The van der Waals surface area contributed by atoms with Crippen LogP contribution in [-0.4, -0.2) is 34.0 Å². The van der Waals surface area contributed by atoms with E-state index in [0.29, 0.717) is 12.1 Å². The molecule has 0 N–H and O–H groups in total. The second-order valence-electron chi connectivity index (χ2n) is 3.45. The summed E-state index contributed by atoms with van der Waals surface area (Å²) < 4.78 is 1.66. The van der Waals surface area contributed by atoms with E-state index < -0.39 is 0 Å². The summed E-state index contributed by atoms with van der Waals surface area (Å²) in [6, 6.07) is 5.58. The fourth-order valence-corrected chi connectivity index (χ4v) is 1.51. The molecular weight excluding hydrogens is 202 g/mol. The highest BCUT2D eigenvalue weighted by atomic mass is 16.2. The van der Waals surface area contributed by atoms with E-state index in [4.69, 9.17) is 6.42 Å². The summed E-state index contributed by atoms with van der Waals surface area (Å²) >= 11 is 0. The van der Waals surface area contributed by atoms with Gasteiger partial charge in [0.15, 0.2) is 0 Å². The van der Waals surface area contributed by atoms with Crippen LogP contribution in [0.2, 0.25) is 0 Å². The third-order valence-electron chi connectivity index (χ3n) is 2.33. The number of terminal acetylenes is 1. The van der Waals surface area contributed by atoms with Crippen LogP contribution >= 0.6 is 0 Å². The zero-order valence-corrected chi connectivity index (χ0v) is 8.92. The van der Waals surface area contributed by atoms with E-state index in [1.807, 2.05) is 18.2 Å². The molecule has 1 amide bonds. The summed E-state index contributed by atoms with van der Waals surface area (Å²) in [4.78, 5) is 13.5. The number of amides is 1. The van der Waals surface area contributed by atoms with Gasteiger partial charge < -0.3 is 4.90 Å². The molecule has 0 bridgehead atoms. The fraction of sp³-hybridized carbons (Fsp3) is 0.167. The highest BCUT2D eigenvalue weighted by Crippen LogP contribution is 2.11. The van der Waals surface area contributed by atoms with E-state index in [0.717, 1.165) is 5.52 Å². The first-order chi connectivity index (χ1) is 7.74. The average Bonchev–Trinajstić information content (AvgIpc) is 2.72. The normalized spacial score (nSPS) is 10.0. The van der Waals surface area contributed by atoms with Crippen LogP contribution in [0.25, 0.3) is 5.52 Å². The standard InChI is InChI=1S/C12H11N3O/c1-3-7-14(2)12(16)10-9-13-15-8-5-4-6-11(10)15/h1,4-6,8-9H,7H2,2H3. The molecule has 80 valence electrons. The fourth-order valence-electron chi connectivity index (χ4n) is 1.51. The molecule has 0 radical (unpaired) electrons. The first kappa shape index (κ1) is 10.2. The Morgan fingerprint density at radius 3 is 3.19 bits per heavy atom. The average molecular weight is 213 g/mol. The lowest BCUT2D eigenvalue weighted by atomic mass is 10.2. The van der Waals surface area contributed by atoms with Crippen molar-refractivity contribution >= 4 is 11.4 Å². The summed E-state index contributed by atoms with van der Waals surface area (Å²) in [6.07, 6.45) is 8.53. The number of carbonyl (C=O) groups is 1. The highest BCUT2D eigenvalue weighted by Gasteiger charge is 2.15. The second-order valence-corrected chi connectivity index (χ2v) is 3.45. The number of aromatic nitrogens is 2. The van der Waals surface area contributed by atoms with E-state index >= 15 is 0 Å². The van der Waals surface area contributed by atoms with Crippen LogP contribution in [0.15, 0.2) is 30.6 Å². The summed E-state index contributed by atoms with van der Waals surface area (Å²) in [6.45, 7) is 0.295. The lowest BCUT2D eigenvalue weighted by Gasteiger charge is -2.12. The molecule has 0 saturated heterocycles. The third kappa shape index (κ3) is 1.63. The molecule has 0 aromatic carbocycles. The van der Waals surface area contributed by atoms with Gasteiger partial charge in [-0.15, -0.1) is 6.42 Å². The van der Waals surface area contributed by atoms with Crippen molar-refractivity contribution in [1.29, 1.82) is 0 Å². The van der Waals surface area contributed by atoms with E-state index in [-0.39, 0.29) is 5.91 Å². The van der Waals surface area contributed by atoms with Gasteiger partial charge in [-0.3, -0.25) is 4.79 Å². The van der Waals surface area contributed by atoms with Crippen molar-refractivity contribution in [3.63, 3.8) is 0 Å². The Morgan fingerprint density at radius 2 is 2.44 bits per heavy atom. The van der Waals surface area contributed by atoms with Crippen LogP contribution in [0.4, 0.5) is 0 Å². The molecule has 0 aliphatic carbocycles. The third-order valence-corrected chi connectivity index (χ3v) is 2.33. The Labute approximate surface area is 93.5 Å². The monoisotopic (exact) mass is 213 g/mol. The molecule has 4 nitrogen and oxygen atoms in total. The van der Waals surface area contributed by atoms with Gasteiger partial charge in [0.05, 0.1) is 23.8 Å². The van der Waals surface area contributed by atoms with E-state index in [1.165, 1.54) is 4.90 Å². The maximum absolute atomic E-state index is 12.0. The molecule has 4 heteroatoms. The summed E-state index contributed by atoms with van der Waals surface area (Å²) in [5.41, 5.74) is 1.36. The summed E-state index contributed by atoms with van der Waals surface area (Å²) in [7, 11) is 1.68. The van der Waals surface area contributed by atoms with Gasteiger partial charge in [-0.25, -0.2) is 4.52 Å². The predicted octanol–water partition coefficient (Wildman–Crippen LogP) is 1.04.